The molecule has 0 saturated heterocycles. The second-order valence-electron chi connectivity index (χ2n) is 5.15. The lowest BCUT2D eigenvalue weighted by Crippen LogP contribution is -2.26. The number of para-hydroxylation sites is 2. The summed E-state index contributed by atoms with van der Waals surface area (Å²) in [7, 11) is 0. The van der Waals surface area contributed by atoms with E-state index in [9.17, 15) is 5.11 Å². The largest absolute Gasteiger partial charge is 0.394 e. The van der Waals surface area contributed by atoms with Gasteiger partial charge in [-0.15, -0.1) is 0 Å². The zero-order valence-electron chi connectivity index (χ0n) is 12.3. The maximum Gasteiger partial charge on any atom is 0.0822 e. The first-order valence-corrected chi connectivity index (χ1v) is 7.45. The van der Waals surface area contributed by atoms with E-state index in [0.29, 0.717) is 0 Å². The standard InChI is InChI=1S/C20H19NO/c22-16-20(17-10-4-1-5-11-17)21(18-12-6-2-7-13-18)19-14-8-3-9-15-19/h1-15,20,22H,16H2/t20-/m0/s1. The second kappa shape index (κ2) is 6.92. The molecule has 0 fully saturated rings. The van der Waals surface area contributed by atoms with Crippen molar-refractivity contribution in [1.29, 1.82) is 0 Å². The molecule has 22 heavy (non-hydrogen) atoms. The van der Waals surface area contributed by atoms with E-state index in [4.69, 9.17) is 0 Å². The molecule has 1 N–H and O–H groups in total. The molecule has 2 heteroatoms. The minimum Gasteiger partial charge on any atom is -0.394 e. The number of benzene rings is 3. The Balaban J connectivity index is 2.09. The zero-order chi connectivity index (χ0) is 15.2. The van der Waals surface area contributed by atoms with Gasteiger partial charge in [0.05, 0.1) is 12.6 Å². The zero-order valence-corrected chi connectivity index (χ0v) is 12.3. The molecule has 0 aliphatic heterocycles. The quantitative estimate of drug-likeness (QED) is 0.744. The van der Waals surface area contributed by atoms with Crippen LogP contribution in [0, 0.1) is 0 Å². The van der Waals surface area contributed by atoms with Crippen molar-refractivity contribution in [2.75, 3.05) is 11.5 Å². The van der Waals surface area contributed by atoms with Crippen molar-refractivity contribution in [2.24, 2.45) is 0 Å². The van der Waals surface area contributed by atoms with Gasteiger partial charge >= 0.3 is 0 Å². The molecule has 3 aromatic carbocycles. The summed E-state index contributed by atoms with van der Waals surface area (Å²) in [5, 5.41) is 10.0. The minimum absolute atomic E-state index is 0.0494. The molecule has 0 saturated carbocycles. The Morgan fingerprint density at radius 1 is 0.636 bits per heavy atom. The van der Waals surface area contributed by atoms with E-state index in [-0.39, 0.29) is 12.6 Å². The fourth-order valence-corrected chi connectivity index (χ4v) is 2.70. The van der Waals surface area contributed by atoms with Crippen LogP contribution in [0.2, 0.25) is 0 Å². The first kappa shape index (κ1) is 14.4. The fraction of sp³-hybridized carbons (Fsp3) is 0.100. The Morgan fingerprint density at radius 2 is 1.05 bits per heavy atom. The van der Waals surface area contributed by atoms with Gasteiger partial charge in [0.1, 0.15) is 0 Å². The van der Waals surface area contributed by atoms with Crippen LogP contribution in [-0.4, -0.2) is 11.7 Å². The summed E-state index contributed by atoms with van der Waals surface area (Å²) in [6.07, 6.45) is 0. The third-order valence-corrected chi connectivity index (χ3v) is 3.74. The summed E-state index contributed by atoms with van der Waals surface area (Å²) in [5.74, 6) is 0. The third-order valence-electron chi connectivity index (χ3n) is 3.74. The van der Waals surface area contributed by atoms with Crippen LogP contribution in [-0.2, 0) is 0 Å². The first-order valence-electron chi connectivity index (χ1n) is 7.45. The highest BCUT2D eigenvalue weighted by molar-refractivity contribution is 5.65. The summed E-state index contributed by atoms with van der Waals surface area (Å²) in [6, 6.07) is 30.3. The molecule has 0 unspecified atom stereocenters. The monoisotopic (exact) mass is 289 g/mol. The van der Waals surface area contributed by atoms with Crippen LogP contribution in [0.4, 0.5) is 11.4 Å². The predicted molar refractivity (Wildman–Crippen MR) is 91.3 cm³/mol. The van der Waals surface area contributed by atoms with E-state index in [1.807, 2.05) is 54.6 Å². The number of nitrogens with zero attached hydrogens (tertiary/aromatic N) is 1. The van der Waals surface area contributed by atoms with E-state index in [0.717, 1.165) is 16.9 Å². The molecule has 0 spiro atoms. The Kier molecular flexibility index (Phi) is 4.52. The number of aliphatic hydroxyl groups is 1. The van der Waals surface area contributed by atoms with Crippen molar-refractivity contribution in [2.45, 2.75) is 6.04 Å². The van der Waals surface area contributed by atoms with Crippen molar-refractivity contribution >= 4 is 11.4 Å². The molecule has 3 aromatic rings. The van der Waals surface area contributed by atoms with E-state index >= 15 is 0 Å². The molecule has 3 rings (SSSR count). The van der Waals surface area contributed by atoms with Crippen LogP contribution < -0.4 is 4.90 Å². The van der Waals surface area contributed by atoms with Gasteiger partial charge < -0.3 is 10.0 Å². The Labute approximate surface area is 131 Å². The van der Waals surface area contributed by atoms with Crippen molar-refractivity contribution in [3.05, 3.63) is 96.6 Å². The third kappa shape index (κ3) is 3.02. The summed E-state index contributed by atoms with van der Waals surface area (Å²) in [5.41, 5.74) is 3.23. The average molecular weight is 289 g/mol. The van der Waals surface area contributed by atoms with Crippen LogP contribution in [0.25, 0.3) is 0 Å². The molecular formula is C20H19NO. The second-order valence-corrected chi connectivity index (χ2v) is 5.15. The summed E-state index contributed by atoms with van der Waals surface area (Å²) >= 11 is 0. The topological polar surface area (TPSA) is 23.5 Å². The number of aliphatic hydroxyl groups excluding tert-OH is 1. The number of hydrogen-bond acceptors (Lipinski definition) is 2. The summed E-state index contributed by atoms with van der Waals surface area (Å²) in [4.78, 5) is 2.18. The van der Waals surface area contributed by atoms with Gasteiger partial charge in [-0.25, -0.2) is 0 Å². The van der Waals surface area contributed by atoms with Gasteiger partial charge in [0.25, 0.3) is 0 Å². The Morgan fingerprint density at radius 3 is 1.45 bits per heavy atom. The van der Waals surface area contributed by atoms with E-state index in [1.165, 1.54) is 0 Å². The lowest BCUT2D eigenvalue weighted by molar-refractivity contribution is 0.267. The number of hydrogen-bond donors (Lipinski definition) is 1. The van der Waals surface area contributed by atoms with Gasteiger partial charge in [0, 0.05) is 11.4 Å². The molecule has 1 atom stereocenters. The smallest absolute Gasteiger partial charge is 0.0822 e. The predicted octanol–water partition coefficient (Wildman–Crippen LogP) is 4.56. The van der Waals surface area contributed by atoms with Crippen molar-refractivity contribution in [3.8, 4) is 0 Å². The van der Waals surface area contributed by atoms with Gasteiger partial charge in [0.15, 0.2) is 0 Å². The van der Waals surface area contributed by atoms with Crippen LogP contribution in [0.5, 0.6) is 0 Å². The van der Waals surface area contributed by atoms with E-state index < -0.39 is 0 Å². The Hall–Kier alpha value is -2.58. The molecule has 0 amide bonds. The highest BCUT2D eigenvalue weighted by Crippen LogP contribution is 2.34. The van der Waals surface area contributed by atoms with Gasteiger partial charge in [-0.2, -0.15) is 0 Å². The molecule has 0 aliphatic rings. The van der Waals surface area contributed by atoms with E-state index in [1.54, 1.807) is 0 Å². The van der Waals surface area contributed by atoms with Crippen molar-refractivity contribution in [1.82, 2.24) is 0 Å². The number of anilines is 2. The van der Waals surface area contributed by atoms with E-state index in [2.05, 4.69) is 41.3 Å². The summed E-state index contributed by atoms with van der Waals surface area (Å²) in [6.45, 7) is 0.0494. The van der Waals surface area contributed by atoms with Gasteiger partial charge in [0.2, 0.25) is 0 Å². The molecule has 0 aromatic heterocycles. The van der Waals surface area contributed by atoms with Gasteiger partial charge in [-0.05, 0) is 29.8 Å². The molecule has 2 nitrogen and oxygen atoms in total. The fourth-order valence-electron chi connectivity index (χ4n) is 2.70. The Bertz CT molecular complexity index is 643. The summed E-state index contributed by atoms with van der Waals surface area (Å²) < 4.78 is 0. The van der Waals surface area contributed by atoms with Crippen LogP contribution in [0.3, 0.4) is 0 Å². The van der Waals surface area contributed by atoms with Crippen LogP contribution in [0.15, 0.2) is 91.0 Å². The molecule has 0 aliphatic carbocycles. The highest BCUT2D eigenvalue weighted by Gasteiger charge is 2.21. The molecule has 110 valence electrons. The maximum atomic E-state index is 10.0. The minimum atomic E-state index is -0.119. The van der Waals surface area contributed by atoms with Gasteiger partial charge in [-0.3, -0.25) is 0 Å². The molecular weight excluding hydrogens is 270 g/mol. The molecule has 0 radical (unpaired) electrons. The van der Waals surface area contributed by atoms with Crippen LogP contribution in [0.1, 0.15) is 11.6 Å². The highest BCUT2D eigenvalue weighted by atomic mass is 16.3. The van der Waals surface area contributed by atoms with Crippen molar-refractivity contribution < 1.29 is 5.11 Å². The average Bonchev–Trinajstić information content (AvgIpc) is 2.62. The maximum absolute atomic E-state index is 10.0. The molecule has 0 heterocycles. The normalized spacial score (nSPS) is 11.9. The van der Waals surface area contributed by atoms with Crippen molar-refractivity contribution in [3.63, 3.8) is 0 Å². The number of rotatable bonds is 5. The first-order chi connectivity index (χ1) is 10.9. The van der Waals surface area contributed by atoms with Crippen LogP contribution >= 0.6 is 0 Å². The lowest BCUT2D eigenvalue weighted by Gasteiger charge is -2.33. The van der Waals surface area contributed by atoms with Gasteiger partial charge in [-0.1, -0.05) is 66.7 Å². The lowest BCUT2D eigenvalue weighted by atomic mass is 10.0. The SMILES string of the molecule is OC[C@@H](c1ccccc1)N(c1ccccc1)c1ccccc1. The molecule has 0 bridgehead atoms.